The molecule has 0 saturated heterocycles. The number of phenols is 1. The predicted octanol–water partition coefficient (Wildman–Crippen LogP) is 8.06. The van der Waals surface area contributed by atoms with Gasteiger partial charge < -0.3 is 9.84 Å². The summed E-state index contributed by atoms with van der Waals surface area (Å²) in [6.45, 7) is 0.776. The highest BCUT2D eigenvalue weighted by Crippen LogP contribution is 2.38. The summed E-state index contributed by atoms with van der Waals surface area (Å²) in [5.74, 6) is 1.28. The molecule has 0 fully saturated rings. The fraction of sp³-hybridized carbons (Fsp3) is 0.286. The smallest absolute Gasteiger partial charge is 0.123 e. The molecule has 0 radical (unpaired) electrons. The summed E-state index contributed by atoms with van der Waals surface area (Å²) in [4.78, 5) is 0. The average molecular weight is 524 g/mol. The van der Waals surface area contributed by atoms with Crippen LogP contribution in [0.3, 0.4) is 0 Å². The Balaban J connectivity index is 1.55. The number of halogens is 1. The van der Waals surface area contributed by atoms with Crippen molar-refractivity contribution in [1.82, 2.24) is 0 Å². The van der Waals surface area contributed by atoms with Crippen molar-refractivity contribution in [3.63, 3.8) is 0 Å². The molecule has 3 aromatic rings. The second kappa shape index (κ2) is 10.9. The number of allylic oxidation sites excluding steroid dienone is 1. The Labute approximate surface area is 199 Å². The minimum atomic E-state index is 0.359. The molecule has 0 aliphatic heterocycles. The molecule has 0 bridgehead atoms. The van der Waals surface area contributed by atoms with Crippen molar-refractivity contribution in [3.05, 3.63) is 77.9 Å². The van der Waals surface area contributed by atoms with Gasteiger partial charge in [-0.25, -0.2) is 0 Å². The van der Waals surface area contributed by atoms with Crippen LogP contribution in [0.1, 0.15) is 43.2 Å². The number of hydrogen-bond acceptors (Lipinski definition) is 2. The van der Waals surface area contributed by atoms with E-state index >= 15 is 0 Å². The molecule has 1 aliphatic rings. The molecule has 0 spiro atoms. The molecule has 0 aromatic heterocycles. The molecule has 31 heavy (non-hydrogen) atoms. The second-order valence-electron chi connectivity index (χ2n) is 8.03. The highest BCUT2D eigenvalue weighted by molar-refractivity contribution is 14.1. The average Bonchev–Trinajstić information content (AvgIpc) is 3.05. The van der Waals surface area contributed by atoms with Crippen molar-refractivity contribution in [3.8, 4) is 33.8 Å². The van der Waals surface area contributed by atoms with Crippen LogP contribution in [0.4, 0.5) is 0 Å². The Kier molecular flexibility index (Phi) is 7.68. The van der Waals surface area contributed by atoms with Gasteiger partial charge in [0, 0.05) is 5.56 Å². The Morgan fingerprint density at radius 1 is 0.871 bits per heavy atom. The second-order valence-corrected chi connectivity index (χ2v) is 9.10. The van der Waals surface area contributed by atoms with E-state index in [1.165, 1.54) is 28.4 Å². The lowest BCUT2D eigenvalue weighted by atomic mass is 9.90. The summed E-state index contributed by atoms with van der Waals surface area (Å²) < 4.78 is 7.10. The number of ether oxygens (including phenoxy) is 1. The Bertz CT molecular complexity index is 1040. The number of aromatic hydroxyl groups is 1. The largest absolute Gasteiger partial charge is 0.507 e. The van der Waals surface area contributed by atoms with E-state index in [2.05, 4.69) is 83.3 Å². The van der Waals surface area contributed by atoms with Gasteiger partial charge >= 0.3 is 0 Å². The van der Waals surface area contributed by atoms with Gasteiger partial charge in [0.25, 0.3) is 0 Å². The number of unbranched alkanes of at least 4 members (excludes halogenated alkanes) is 2. The minimum Gasteiger partial charge on any atom is -0.507 e. The van der Waals surface area contributed by atoms with E-state index in [-0.39, 0.29) is 0 Å². The molecule has 1 aliphatic carbocycles. The van der Waals surface area contributed by atoms with E-state index in [0.29, 0.717) is 5.75 Å². The first-order valence-corrected chi connectivity index (χ1v) is 12.7. The van der Waals surface area contributed by atoms with E-state index in [1.54, 1.807) is 0 Å². The first-order chi connectivity index (χ1) is 15.3. The van der Waals surface area contributed by atoms with E-state index in [0.717, 1.165) is 60.3 Å². The number of benzene rings is 3. The molecule has 1 N–H and O–H groups in total. The normalized spacial score (nSPS) is 12.9. The van der Waals surface area contributed by atoms with Crippen molar-refractivity contribution in [2.45, 2.75) is 38.5 Å². The third kappa shape index (κ3) is 5.51. The highest BCUT2D eigenvalue weighted by Gasteiger charge is 2.15. The van der Waals surface area contributed by atoms with Crippen molar-refractivity contribution < 1.29 is 9.84 Å². The lowest BCUT2D eigenvalue weighted by Crippen LogP contribution is -1.97. The molecule has 0 heterocycles. The van der Waals surface area contributed by atoms with Gasteiger partial charge in [-0.05, 0) is 95.0 Å². The lowest BCUT2D eigenvalue weighted by molar-refractivity contribution is 0.306. The van der Waals surface area contributed by atoms with Crippen LogP contribution in [0.15, 0.2) is 66.7 Å². The monoisotopic (exact) mass is 524 g/mol. The third-order valence-electron chi connectivity index (χ3n) is 5.81. The molecule has 0 saturated carbocycles. The van der Waals surface area contributed by atoms with Crippen LogP contribution in [0.2, 0.25) is 0 Å². The van der Waals surface area contributed by atoms with E-state index in [4.69, 9.17) is 4.74 Å². The van der Waals surface area contributed by atoms with E-state index < -0.39 is 0 Å². The fourth-order valence-electron chi connectivity index (χ4n) is 4.17. The van der Waals surface area contributed by atoms with E-state index in [1.807, 2.05) is 12.1 Å². The molecule has 3 heteroatoms. The first kappa shape index (κ1) is 21.9. The molecule has 160 valence electrons. The lowest BCUT2D eigenvalue weighted by Gasteiger charge is -2.15. The van der Waals surface area contributed by atoms with Gasteiger partial charge in [0.2, 0.25) is 0 Å². The predicted molar refractivity (Wildman–Crippen MR) is 139 cm³/mol. The Hall–Kier alpha value is -2.27. The number of phenolic OH excluding ortho intramolecular Hbond substituents is 1. The maximum Gasteiger partial charge on any atom is 0.123 e. The quantitative estimate of drug-likeness (QED) is 0.184. The topological polar surface area (TPSA) is 29.5 Å². The molecular formula is C28H29IO2. The number of hydrogen-bond donors (Lipinski definition) is 1. The molecule has 0 atom stereocenters. The number of rotatable bonds is 8. The summed E-state index contributed by atoms with van der Waals surface area (Å²) in [5, 5.41) is 10.7. The zero-order valence-corrected chi connectivity index (χ0v) is 20.0. The van der Waals surface area contributed by atoms with Gasteiger partial charge in [-0.3, -0.25) is 0 Å². The standard InChI is InChI=1S/C28H29IO2/c29-18-5-2-6-19-31-25-15-12-21(13-16-25)23-9-7-10-24(20-23)28-26-11-4-1-3-8-22(26)14-17-27(28)30/h3,7-10,12-17,20,30H,1-2,4-6,11,18-19H2. The van der Waals surface area contributed by atoms with Crippen molar-refractivity contribution in [1.29, 1.82) is 0 Å². The summed E-state index contributed by atoms with van der Waals surface area (Å²) in [6, 6.07) is 20.7. The van der Waals surface area contributed by atoms with Crippen molar-refractivity contribution in [2.75, 3.05) is 11.0 Å². The van der Waals surface area contributed by atoms with Crippen molar-refractivity contribution >= 4 is 28.7 Å². The van der Waals surface area contributed by atoms with Gasteiger partial charge in [-0.2, -0.15) is 0 Å². The van der Waals surface area contributed by atoms with Gasteiger partial charge in [0.1, 0.15) is 11.5 Å². The maximum atomic E-state index is 10.7. The highest BCUT2D eigenvalue weighted by atomic mass is 127. The van der Waals surface area contributed by atoms with Crippen LogP contribution >= 0.6 is 22.6 Å². The SMILES string of the molecule is Oc1ccc2c(c1-c1cccc(-c3ccc(OCCCCCI)cc3)c1)CCCC=C2. The fourth-order valence-corrected chi connectivity index (χ4v) is 4.71. The molecule has 0 unspecified atom stereocenters. The van der Waals surface area contributed by atoms with Crippen LogP contribution < -0.4 is 4.74 Å². The molecule has 4 rings (SSSR count). The summed E-state index contributed by atoms with van der Waals surface area (Å²) in [6.07, 6.45) is 11.2. The zero-order valence-electron chi connectivity index (χ0n) is 17.8. The Morgan fingerprint density at radius 2 is 1.71 bits per heavy atom. The van der Waals surface area contributed by atoms with Crippen LogP contribution in [0, 0.1) is 0 Å². The summed E-state index contributed by atoms with van der Waals surface area (Å²) >= 11 is 2.42. The van der Waals surface area contributed by atoms with Crippen LogP contribution in [-0.4, -0.2) is 16.1 Å². The van der Waals surface area contributed by atoms with Gasteiger partial charge in [0.05, 0.1) is 6.61 Å². The van der Waals surface area contributed by atoms with Crippen LogP contribution in [0.25, 0.3) is 28.3 Å². The Morgan fingerprint density at radius 3 is 2.55 bits per heavy atom. The van der Waals surface area contributed by atoms with Gasteiger partial charge in [-0.1, -0.05) is 71.1 Å². The van der Waals surface area contributed by atoms with Crippen LogP contribution in [-0.2, 0) is 6.42 Å². The molecular weight excluding hydrogens is 495 g/mol. The van der Waals surface area contributed by atoms with Gasteiger partial charge in [0.15, 0.2) is 0 Å². The minimum absolute atomic E-state index is 0.359. The summed E-state index contributed by atoms with van der Waals surface area (Å²) in [7, 11) is 0. The van der Waals surface area contributed by atoms with Crippen LogP contribution in [0.5, 0.6) is 11.5 Å². The molecule has 3 aromatic carbocycles. The van der Waals surface area contributed by atoms with E-state index in [9.17, 15) is 5.11 Å². The maximum absolute atomic E-state index is 10.7. The molecule has 0 amide bonds. The number of alkyl halides is 1. The number of fused-ring (bicyclic) bond motifs is 1. The first-order valence-electron chi connectivity index (χ1n) is 11.2. The third-order valence-corrected chi connectivity index (χ3v) is 6.57. The zero-order chi connectivity index (χ0) is 21.5. The van der Waals surface area contributed by atoms with Crippen molar-refractivity contribution in [2.24, 2.45) is 0 Å². The van der Waals surface area contributed by atoms with Gasteiger partial charge in [-0.15, -0.1) is 0 Å². The summed E-state index contributed by atoms with van der Waals surface area (Å²) in [5.41, 5.74) is 6.80. The molecule has 2 nitrogen and oxygen atoms in total.